The third kappa shape index (κ3) is 3.35. The predicted octanol–water partition coefficient (Wildman–Crippen LogP) is 5.98. The lowest BCUT2D eigenvalue weighted by Gasteiger charge is -2.43. The Morgan fingerprint density at radius 3 is 2.74 bits per heavy atom. The molecule has 5 atom stereocenters. The summed E-state index contributed by atoms with van der Waals surface area (Å²) in [4.78, 5) is 0. The van der Waals surface area contributed by atoms with Crippen molar-refractivity contribution >= 4 is 22.6 Å². The monoisotopic (exact) mass is 426 g/mol. The molecule has 0 saturated heterocycles. The molecule has 0 amide bonds. The minimum Gasteiger partial charge on any atom is -0.388 e. The minimum atomic E-state index is -0.319. The molecule has 1 N–H and O–H groups in total. The molecule has 3 saturated carbocycles. The van der Waals surface area contributed by atoms with Crippen molar-refractivity contribution in [2.75, 3.05) is 0 Å². The Hall–Kier alpha value is -0.0900. The number of hydrogen-bond donors (Lipinski definition) is 1. The van der Waals surface area contributed by atoms with Crippen molar-refractivity contribution in [3.63, 3.8) is 0 Å². The second-order valence-electron chi connectivity index (χ2n) is 8.14. The van der Waals surface area contributed by atoms with Gasteiger partial charge in [-0.2, -0.15) is 0 Å². The Kier molecular flexibility index (Phi) is 5.42. The van der Waals surface area contributed by atoms with Crippen LogP contribution in [0, 0.1) is 17.3 Å². The molecule has 23 heavy (non-hydrogen) atoms. The first kappa shape index (κ1) is 17.7. The third-order valence-corrected chi connectivity index (χ3v) is 7.70. The highest BCUT2D eigenvalue weighted by atomic mass is 127. The number of alkyl halides is 1. The fraction of sp³-hybridized carbons (Fsp3) is 0.714. The van der Waals surface area contributed by atoms with Crippen molar-refractivity contribution in [3.8, 4) is 0 Å². The zero-order valence-corrected chi connectivity index (χ0v) is 16.8. The zero-order valence-electron chi connectivity index (χ0n) is 14.7. The molecule has 0 heterocycles. The molecular formula is C21H31IO. The van der Waals surface area contributed by atoms with Crippen LogP contribution in [-0.4, -0.2) is 15.1 Å². The summed E-state index contributed by atoms with van der Waals surface area (Å²) in [6.45, 7) is 9.05. The van der Waals surface area contributed by atoms with E-state index in [-0.39, 0.29) is 6.10 Å². The Labute approximate surface area is 155 Å². The van der Waals surface area contributed by atoms with E-state index in [2.05, 4.69) is 55.2 Å². The Morgan fingerprint density at radius 1 is 1.22 bits per heavy atom. The smallest absolute Gasteiger partial charge is 0.0787 e. The number of halogens is 1. The van der Waals surface area contributed by atoms with Crippen molar-refractivity contribution in [1.82, 2.24) is 0 Å². The summed E-state index contributed by atoms with van der Waals surface area (Å²) in [5.41, 5.74) is 4.41. The molecule has 0 spiro atoms. The van der Waals surface area contributed by atoms with Gasteiger partial charge in [0.2, 0.25) is 0 Å². The molecule has 0 radical (unpaired) electrons. The second-order valence-corrected chi connectivity index (χ2v) is 10.1. The number of hydrogen-bond acceptors (Lipinski definition) is 1. The summed E-state index contributed by atoms with van der Waals surface area (Å²) >= 11 is 2.64. The average molecular weight is 426 g/mol. The van der Waals surface area contributed by atoms with Crippen LogP contribution in [0.1, 0.15) is 65.2 Å². The largest absolute Gasteiger partial charge is 0.388 e. The van der Waals surface area contributed by atoms with Crippen molar-refractivity contribution in [2.24, 2.45) is 17.3 Å². The van der Waals surface area contributed by atoms with Gasteiger partial charge in [0.1, 0.15) is 0 Å². The molecule has 2 heteroatoms. The minimum absolute atomic E-state index is 0.319. The van der Waals surface area contributed by atoms with E-state index in [4.69, 9.17) is 0 Å². The lowest BCUT2D eigenvalue weighted by Crippen LogP contribution is -2.36. The van der Waals surface area contributed by atoms with Crippen LogP contribution in [0.4, 0.5) is 0 Å². The molecule has 3 fully saturated rings. The van der Waals surface area contributed by atoms with Gasteiger partial charge < -0.3 is 5.11 Å². The maximum absolute atomic E-state index is 10.0. The van der Waals surface area contributed by atoms with E-state index in [1.807, 2.05) is 0 Å². The van der Waals surface area contributed by atoms with Gasteiger partial charge in [-0.05, 0) is 79.8 Å². The number of rotatable bonds is 2. The van der Waals surface area contributed by atoms with Crippen LogP contribution in [0.2, 0.25) is 0 Å². The van der Waals surface area contributed by atoms with Crippen LogP contribution in [0.3, 0.4) is 0 Å². The Bertz CT molecular complexity index is 530. The number of aliphatic hydroxyl groups excluding tert-OH is 1. The van der Waals surface area contributed by atoms with E-state index in [0.29, 0.717) is 5.41 Å². The maximum Gasteiger partial charge on any atom is 0.0787 e. The standard InChI is InChI=1S/C21H31IO/c1-14-16(6-4-8-20(14)23)9-10-17-7-5-13-21(3)18(15(2)22)11-12-19(17)21/h9-10,15,18-20,23H,1,4-8,11-13H2,2-3H3/b16-9-,17-10+/t15-,18-,19+,20+,21-/m1/s1. The topological polar surface area (TPSA) is 20.2 Å². The summed E-state index contributed by atoms with van der Waals surface area (Å²) in [6, 6.07) is 0. The summed E-state index contributed by atoms with van der Waals surface area (Å²) in [7, 11) is 0. The molecule has 3 rings (SSSR count). The molecule has 0 unspecified atom stereocenters. The zero-order chi connectivity index (χ0) is 16.6. The molecule has 0 aromatic rings. The van der Waals surface area contributed by atoms with Gasteiger partial charge in [-0.15, -0.1) is 0 Å². The SMILES string of the molecule is C=C1/C(=C\C=C2/CCC[C@]3(C)[C@@H]([C@@H](C)I)CC[C@@H]23)CCC[C@@H]1O. The summed E-state index contributed by atoms with van der Waals surface area (Å²) in [6.07, 6.45) is 14.2. The summed E-state index contributed by atoms with van der Waals surface area (Å²) in [5.74, 6) is 1.65. The Morgan fingerprint density at radius 2 is 2.00 bits per heavy atom. The first-order valence-electron chi connectivity index (χ1n) is 9.34. The molecule has 0 aromatic heterocycles. The Balaban J connectivity index is 1.82. The van der Waals surface area contributed by atoms with Crippen LogP contribution in [-0.2, 0) is 0 Å². The highest BCUT2D eigenvalue weighted by molar-refractivity contribution is 14.1. The van der Waals surface area contributed by atoms with E-state index < -0.39 is 0 Å². The lowest BCUT2D eigenvalue weighted by atomic mass is 9.63. The van der Waals surface area contributed by atoms with Crippen LogP contribution < -0.4 is 0 Å². The van der Waals surface area contributed by atoms with E-state index in [1.54, 1.807) is 5.57 Å². The number of fused-ring (bicyclic) bond motifs is 1. The van der Waals surface area contributed by atoms with Crippen molar-refractivity contribution in [3.05, 3.63) is 35.5 Å². The highest BCUT2D eigenvalue weighted by Crippen LogP contribution is 2.59. The van der Waals surface area contributed by atoms with Crippen LogP contribution in [0.25, 0.3) is 0 Å². The molecule has 3 aliphatic rings. The first-order valence-corrected chi connectivity index (χ1v) is 10.6. The number of allylic oxidation sites excluding steroid dienone is 3. The maximum atomic E-state index is 10.0. The van der Waals surface area contributed by atoms with E-state index in [9.17, 15) is 5.11 Å². The van der Waals surface area contributed by atoms with Crippen LogP contribution in [0.15, 0.2) is 35.5 Å². The molecule has 0 aliphatic heterocycles. The fourth-order valence-corrected chi connectivity index (χ4v) is 6.65. The second kappa shape index (κ2) is 7.03. The van der Waals surface area contributed by atoms with Gasteiger partial charge in [0.25, 0.3) is 0 Å². The molecule has 0 aromatic carbocycles. The predicted molar refractivity (Wildman–Crippen MR) is 107 cm³/mol. The van der Waals surface area contributed by atoms with Gasteiger partial charge >= 0.3 is 0 Å². The average Bonchev–Trinajstić information content (AvgIpc) is 2.86. The van der Waals surface area contributed by atoms with Gasteiger partial charge in [-0.3, -0.25) is 0 Å². The quantitative estimate of drug-likeness (QED) is 0.426. The summed E-state index contributed by atoms with van der Waals surface area (Å²) in [5, 5.41) is 10.0. The van der Waals surface area contributed by atoms with Crippen LogP contribution >= 0.6 is 22.6 Å². The number of aliphatic hydroxyl groups is 1. The molecular weight excluding hydrogens is 395 g/mol. The van der Waals surface area contributed by atoms with Crippen LogP contribution in [0.5, 0.6) is 0 Å². The molecule has 0 bridgehead atoms. The van der Waals surface area contributed by atoms with Gasteiger partial charge in [-0.1, -0.05) is 60.7 Å². The van der Waals surface area contributed by atoms with E-state index in [0.717, 1.165) is 40.6 Å². The van der Waals surface area contributed by atoms with Gasteiger partial charge in [0.05, 0.1) is 6.10 Å². The molecule has 3 aliphatic carbocycles. The van der Waals surface area contributed by atoms with Gasteiger partial charge in [-0.25, -0.2) is 0 Å². The third-order valence-electron chi connectivity index (χ3n) is 6.83. The molecule has 128 valence electrons. The molecule has 1 nitrogen and oxygen atoms in total. The first-order chi connectivity index (χ1) is 10.9. The highest BCUT2D eigenvalue weighted by Gasteiger charge is 2.50. The lowest BCUT2D eigenvalue weighted by molar-refractivity contribution is 0.139. The fourth-order valence-electron chi connectivity index (χ4n) is 5.47. The van der Waals surface area contributed by atoms with Crippen molar-refractivity contribution in [1.29, 1.82) is 0 Å². The van der Waals surface area contributed by atoms with Crippen molar-refractivity contribution < 1.29 is 5.11 Å². The van der Waals surface area contributed by atoms with E-state index in [1.165, 1.54) is 37.7 Å². The van der Waals surface area contributed by atoms with Crippen molar-refractivity contribution in [2.45, 2.75) is 75.2 Å². The summed E-state index contributed by atoms with van der Waals surface area (Å²) < 4.78 is 0.772. The van der Waals surface area contributed by atoms with E-state index >= 15 is 0 Å². The van der Waals surface area contributed by atoms with Gasteiger partial charge in [0, 0.05) is 3.92 Å². The normalized spacial score (nSPS) is 43.0. The van der Waals surface area contributed by atoms with Gasteiger partial charge in [0.15, 0.2) is 0 Å².